The molecule has 20 heavy (non-hydrogen) atoms. The summed E-state index contributed by atoms with van der Waals surface area (Å²) in [4.78, 5) is 4.82. The first kappa shape index (κ1) is 15.4. The second-order valence-electron chi connectivity index (χ2n) is 6.61. The number of imidazole rings is 1. The number of aromatic nitrogens is 4. The monoisotopic (exact) mass is 296 g/mol. The van der Waals surface area contributed by atoms with E-state index >= 15 is 0 Å². The normalized spacial score (nSPS) is 12.5. The Balaban J connectivity index is 2.58. The van der Waals surface area contributed by atoms with Crippen LogP contribution >= 0.6 is 11.6 Å². The Bertz CT molecular complexity index is 589. The van der Waals surface area contributed by atoms with Crippen molar-refractivity contribution in [1.29, 1.82) is 0 Å². The molecule has 0 spiro atoms. The van der Waals surface area contributed by atoms with Gasteiger partial charge in [0, 0.05) is 25.9 Å². The van der Waals surface area contributed by atoms with Crippen molar-refractivity contribution in [2.45, 2.75) is 53.5 Å². The highest BCUT2D eigenvalue weighted by Crippen LogP contribution is 2.25. The van der Waals surface area contributed by atoms with E-state index in [4.69, 9.17) is 16.6 Å². The van der Waals surface area contributed by atoms with Crippen LogP contribution in [0.3, 0.4) is 0 Å². The maximum Gasteiger partial charge on any atom is 0.158 e. The Labute approximate surface area is 126 Å². The molecule has 2 rings (SSSR count). The number of fused-ring (bicyclic) bond motifs is 1. The SMILES string of the molecule is CCCc1nn(C)c2c1nc(CCCl)n2CC(C)(C)C. The molecule has 5 heteroatoms. The van der Waals surface area contributed by atoms with Gasteiger partial charge in [0.05, 0.1) is 5.69 Å². The van der Waals surface area contributed by atoms with E-state index in [1.54, 1.807) is 0 Å². The summed E-state index contributed by atoms with van der Waals surface area (Å²) in [6, 6.07) is 0. The van der Waals surface area contributed by atoms with Gasteiger partial charge < -0.3 is 4.57 Å². The predicted octanol–water partition coefficient (Wildman–Crippen LogP) is 3.55. The summed E-state index contributed by atoms with van der Waals surface area (Å²) in [5, 5.41) is 4.63. The molecular weight excluding hydrogens is 272 g/mol. The van der Waals surface area contributed by atoms with Crippen LogP contribution in [0, 0.1) is 5.41 Å². The average Bonchev–Trinajstić information content (AvgIpc) is 2.80. The van der Waals surface area contributed by atoms with Crippen LogP contribution in [0.25, 0.3) is 11.2 Å². The third-order valence-corrected chi connectivity index (χ3v) is 3.50. The zero-order chi connectivity index (χ0) is 14.9. The lowest BCUT2D eigenvalue weighted by Crippen LogP contribution is -2.19. The molecule has 2 aromatic heterocycles. The van der Waals surface area contributed by atoms with Gasteiger partial charge in [-0.15, -0.1) is 11.6 Å². The van der Waals surface area contributed by atoms with E-state index in [2.05, 4.69) is 37.4 Å². The van der Waals surface area contributed by atoms with Crippen molar-refractivity contribution in [2.75, 3.05) is 5.88 Å². The van der Waals surface area contributed by atoms with E-state index < -0.39 is 0 Å². The zero-order valence-corrected chi connectivity index (χ0v) is 14.0. The first-order chi connectivity index (χ1) is 9.37. The topological polar surface area (TPSA) is 35.6 Å². The molecule has 0 radical (unpaired) electrons. The Morgan fingerprint density at radius 2 is 1.90 bits per heavy atom. The average molecular weight is 297 g/mol. The van der Waals surface area contributed by atoms with Gasteiger partial charge in [0.1, 0.15) is 11.3 Å². The fourth-order valence-corrected chi connectivity index (χ4v) is 2.78. The van der Waals surface area contributed by atoms with Crippen molar-refractivity contribution in [3.63, 3.8) is 0 Å². The molecule has 0 saturated heterocycles. The summed E-state index contributed by atoms with van der Waals surface area (Å²) >= 11 is 5.94. The number of rotatable bonds is 5. The maximum absolute atomic E-state index is 5.94. The number of hydrogen-bond donors (Lipinski definition) is 0. The van der Waals surface area contributed by atoms with Crippen LogP contribution in [0.15, 0.2) is 0 Å². The Morgan fingerprint density at radius 1 is 1.20 bits per heavy atom. The molecule has 0 aliphatic heterocycles. The molecule has 0 saturated carbocycles. The van der Waals surface area contributed by atoms with Crippen LogP contribution in [0.1, 0.15) is 45.6 Å². The highest BCUT2D eigenvalue weighted by molar-refractivity contribution is 6.17. The van der Waals surface area contributed by atoms with Crippen molar-refractivity contribution < 1.29 is 0 Å². The lowest BCUT2D eigenvalue weighted by molar-refractivity contribution is 0.341. The number of alkyl halides is 1. The molecule has 112 valence electrons. The van der Waals surface area contributed by atoms with Gasteiger partial charge in [0.2, 0.25) is 0 Å². The second-order valence-corrected chi connectivity index (χ2v) is 6.98. The molecule has 0 aromatic carbocycles. The Morgan fingerprint density at radius 3 is 2.45 bits per heavy atom. The van der Waals surface area contributed by atoms with Crippen LogP contribution < -0.4 is 0 Å². The van der Waals surface area contributed by atoms with Crippen LogP contribution in [0.5, 0.6) is 0 Å². The van der Waals surface area contributed by atoms with E-state index in [1.807, 2.05) is 11.7 Å². The third-order valence-electron chi connectivity index (χ3n) is 3.31. The molecule has 0 bridgehead atoms. The summed E-state index contributed by atoms with van der Waals surface area (Å²) in [5.41, 5.74) is 3.49. The fourth-order valence-electron chi connectivity index (χ4n) is 2.61. The molecule has 2 heterocycles. The van der Waals surface area contributed by atoms with E-state index in [0.717, 1.165) is 48.5 Å². The van der Waals surface area contributed by atoms with Crippen LogP contribution in [0.2, 0.25) is 0 Å². The first-order valence-corrected chi connectivity index (χ1v) is 7.87. The molecule has 0 aliphatic carbocycles. The van der Waals surface area contributed by atoms with Gasteiger partial charge in [0.25, 0.3) is 0 Å². The van der Waals surface area contributed by atoms with Crippen molar-refractivity contribution in [2.24, 2.45) is 12.5 Å². The largest absolute Gasteiger partial charge is 0.312 e. The molecule has 0 amide bonds. The second kappa shape index (κ2) is 5.76. The number of halogens is 1. The predicted molar refractivity (Wildman–Crippen MR) is 84.4 cm³/mol. The molecule has 4 nitrogen and oxygen atoms in total. The van der Waals surface area contributed by atoms with Gasteiger partial charge in [-0.3, -0.25) is 4.68 Å². The molecule has 2 aromatic rings. The van der Waals surface area contributed by atoms with Crippen LogP contribution in [-0.2, 0) is 26.4 Å². The maximum atomic E-state index is 5.94. The lowest BCUT2D eigenvalue weighted by atomic mass is 9.97. The van der Waals surface area contributed by atoms with E-state index in [1.165, 1.54) is 0 Å². The highest BCUT2D eigenvalue weighted by Gasteiger charge is 2.22. The van der Waals surface area contributed by atoms with Gasteiger partial charge in [-0.1, -0.05) is 34.1 Å². The van der Waals surface area contributed by atoms with E-state index in [-0.39, 0.29) is 5.41 Å². The summed E-state index contributed by atoms with van der Waals surface area (Å²) in [6.45, 7) is 9.83. The third kappa shape index (κ3) is 3.00. The quantitative estimate of drug-likeness (QED) is 0.791. The minimum Gasteiger partial charge on any atom is -0.312 e. The van der Waals surface area contributed by atoms with E-state index in [0.29, 0.717) is 5.88 Å². The lowest BCUT2D eigenvalue weighted by Gasteiger charge is -2.21. The van der Waals surface area contributed by atoms with Crippen molar-refractivity contribution in [3.05, 3.63) is 11.5 Å². The van der Waals surface area contributed by atoms with Gasteiger partial charge in [-0.2, -0.15) is 5.10 Å². The summed E-state index contributed by atoms with van der Waals surface area (Å²) in [7, 11) is 2.01. The molecule has 0 N–H and O–H groups in total. The van der Waals surface area contributed by atoms with Gasteiger partial charge in [-0.05, 0) is 11.8 Å². The number of nitrogens with zero attached hydrogens (tertiary/aromatic N) is 4. The highest BCUT2D eigenvalue weighted by atomic mass is 35.5. The zero-order valence-electron chi connectivity index (χ0n) is 13.2. The van der Waals surface area contributed by atoms with Crippen molar-refractivity contribution in [1.82, 2.24) is 19.3 Å². The van der Waals surface area contributed by atoms with Crippen molar-refractivity contribution in [3.8, 4) is 0 Å². The summed E-state index contributed by atoms with van der Waals surface area (Å²) in [5.74, 6) is 1.68. The Hall–Kier alpha value is -1.03. The minimum absolute atomic E-state index is 0.198. The standard InChI is InChI=1S/C15H25ClN4/c1-6-7-11-13-14(19(5)18-11)20(10-15(2,3)4)12(17-13)8-9-16/h6-10H2,1-5H3. The van der Waals surface area contributed by atoms with E-state index in [9.17, 15) is 0 Å². The molecule has 0 atom stereocenters. The molecular formula is C15H25ClN4. The Kier molecular flexibility index (Phi) is 4.43. The van der Waals surface area contributed by atoms with Crippen molar-refractivity contribution >= 4 is 22.8 Å². The van der Waals surface area contributed by atoms with Crippen LogP contribution in [0.4, 0.5) is 0 Å². The smallest absolute Gasteiger partial charge is 0.158 e. The summed E-state index contributed by atoms with van der Waals surface area (Å²) in [6.07, 6.45) is 2.87. The van der Waals surface area contributed by atoms with Gasteiger partial charge in [0.15, 0.2) is 5.65 Å². The van der Waals surface area contributed by atoms with Gasteiger partial charge in [-0.25, -0.2) is 4.98 Å². The molecule has 0 unspecified atom stereocenters. The minimum atomic E-state index is 0.198. The molecule has 0 fully saturated rings. The fraction of sp³-hybridized carbons (Fsp3) is 0.733. The van der Waals surface area contributed by atoms with Gasteiger partial charge >= 0.3 is 0 Å². The summed E-state index contributed by atoms with van der Waals surface area (Å²) < 4.78 is 4.26. The first-order valence-electron chi connectivity index (χ1n) is 7.34. The number of hydrogen-bond acceptors (Lipinski definition) is 2. The van der Waals surface area contributed by atoms with Crippen LogP contribution in [-0.4, -0.2) is 25.2 Å². The number of aryl methyl sites for hydroxylation is 3. The molecule has 0 aliphatic rings.